The molecule has 112 valence electrons. The molecule has 1 aromatic carbocycles. The predicted molar refractivity (Wildman–Crippen MR) is 86.2 cm³/mol. The Bertz CT molecular complexity index is 603. The largest absolute Gasteiger partial charge is 0.385 e. The molecule has 0 amide bonds. The Hall–Kier alpha value is -1.45. The van der Waals surface area contributed by atoms with Gasteiger partial charge in [0.25, 0.3) is 0 Å². The lowest BCUT2D eigenvalue weighted by atomic mass is 9.77. The number of hydrogen-bond donors (Lipinski definition) is 2. The summed E-state index contributed by atoms with van der Waals surface area (Å²) in [5, 5.41) is 15.7. The van der Waals surface area contributed by atoms with Crippen LogP contribution in [0.5, 0.6) is 0 Å². The van der Waals surface area contributed by atoms with Gasteiger partial charge in [0.2, 0.25) is 0 Å². The van der Waals surface area contributed by atoms with Crippen LogP contribution < -0.4 is 5.32 Å². The van der Waals surface area contributed by atoms with Crippen LogP contribution in [0.2, 0.25) is 0 Å². The van der Waals surface area contributed by atoms with E-state index in [2.05, 4.69) is 41.5 Å². The highest BCUT2D eigenvalue weighted by atomic mass is 16.3. The molecule has 0 unspecified atom stereocenters. The standard InChI is InChI=1S/C18H24N2O/c1-2-11-19-16-7-9-18(21,10-8-16)15-6-5-14-4-3-12-20-17(14)13-15/h3-6,12-13,16,19,21H,2,7-11H2,1H3. The molecule has 1 fully saturated rings. The maximum atomic E-state index is 11.0. The van der Waals surface area contributed by atoms with E-state index in [9.17, 15) is 5.11 Å². The van der Waals surface area contributed by atoms with E-state index in [1.807, 2.05) is 12.3 Å². The Morgan fingerprint density at radius 1 is 1.29 bits per heavy atom. The number of benzene rings is 1. The summed E-state index contributed by atoms with van der Waals surface area (Å²) < 4.78 is 0. The molecule has 0 aliphatic heterocycles. The molecule has 3 rings (SSSR count). The van der Waals surface area contributed by atoms with Crippen molar-refractivity contribution in [3.8, 4) is 0 Å². The van der Waals surface area contributed by atoms with Gasteiger partial charge in [-0.05, 0) is 56.3 Å². The molecule has 1 aromatic heterocycles. The number of fused-ring (bicyclic) bond motifs is 1. The molecule has 1 aliphatic carbocycles. The fraction of sp³-hybridized carbons (Fsp3) is 0.500. The zero-order valence-electron chi connectivity index (χ0n) is 12.7. The van der Waals surface area contributed by atoms with E-state index < -0.39 is 5.60 Å². The second-order valence-corrected chi connectivity index (χ2v) is 6.17. The van der Waals surface area contributed by atoms with Crippen LogP contribution in [0.1, 0.15) is 44.6 Å². The molecule has 1 saturated carbocycles. The zero-order chi connectivity index (χ0) is 14.7. The van der Waals surface area contributed by atoms with Gasteiger partial charge in [-0.25, -0.2) is 0 Å². The fourth-order valence-electron chi connectivity index (χ4n) is 3.29. The SMILES string of the molecule is CCCNC1CCC(O)(c2ccc3cccnc3c2)CC1. The van der Waals surface area contributed by atoms with Gasteiger partial charge in [-0.15, -0.1) is 0 Å². The zero-order valence-corrected chi connectivity index (χ0v) is 12.7. The molecule has 2 N–H and O–H groups in total. The van der Waals surface area contributed by atoms with Gasteiger partial charge in [-0.2, -0.15) is 0 Å². The van der Waals surface area contributed by atoms with Crippen molar-refractivity contribution in [2.45, 2.75) is 50.7 Å². The fourth-order valence-corrected chi connectivity index (χ4v) is 3.29. The Morgan fingerprint density at radius 2 is 2.10 bits per heavy atom. The molecule has 3 nitrogen and oxygen atoms in total. The van der Waals surface area contributed by atoms with Crippen molar-refractivity contribution in [2.24, 2.45) is 0 Å². The number of nitrogens with zero attached hydrogens (tertiary/aromatic N) is 1. The van der Waals surface area contributed by atoms with E-state index in [1.165, 1.54) is 0 Å². The molecule has 0 radical (unpaired) electrons. The van der Waals surface area contributed by atoms with Gasteiger partial charge < -0.3 is 10.4 Å². The van der Waals surface area contributed by atoms with E-state index in [0.29, 0.717) is 6.04 Å². The third-order valence-corrected chi connectivity index (χ3v) is 4.64. The lowest BCUT2D eigenvalue weighted by molar-refractivity contribution is -0.00816. The van der Waals surface area contributed by atoms with Crippen molar-refractivity contribution in [1.29, 1.82) is 0 Å². The Kier molecular flexibility index (Phi) is 4.22. The van der Waals surface area contributed by atoms with E-state index >= 15 is 0 Å². The van der Waals surface area contributed by atoms with Crippen molar-refractivity contribution in [2.75, 3.05) is 6.54 Å². The van der Waals surface area contributed by atoms with E-state index in [0.717, 1.165) is 55.1 Å². The second kappa shape index (κ2) is 6.12. The van der Waals surface area contributed by atoms with Crippen molar-refractivity contribution in [1.82, 2.24) is 10.3 Å². The number of pyridine rings is 1. The molecule has 0 bridgehead atoms. The number of aromatic nitrogens is 1. The number of nitrogens with one attached hydrogen (secondary N) is 1. The highest BCUT2D eigenvalue weighted by Crippen LogP contribution is 2.37. The average Bonchev–Trinajstić information content (AvgIpc) is 2.54. The highest BCUT2D eigenvalue weighted by Gasteiger charge is 2.34. The van der Waals surface area contributed by atoms with Gasteiger partial charge in [0.1, 0.15) is 0 Å². The van der Waals surface area contributed by atoms with Crippen molar-refractivity contribution in [3.05, 3.63) is 42.1 Å². The summed E-state index contributed by atoms with van der Waals surface area (Å²) in [4.78, 5) is 4.40. The normalized spacial score (nSPS) is 26.1. The summed E-state index contributed by atoms with van der Waals surface area (Å²) >= 11 is 0. The first-order valence-corrected chi connectivity index (χ1v) is 8.02. The first kappa shape index (κ1) is 14.5. The molecule has 1 heterocycles. The molecule has 0 atom stereocenters. The molecule has 0 saturated heterocycles. The quantitative estimate of drug-likeness (QED) is 0.905. The van der Waals surface area contributed by atoms with E-state index in [1.54, 1.807) is 0 Å². The second-order valence-electron chi connectivity index (χ2n) is 6.17. The lowest BCUT2D eigenvalue weighted by Gasteiger charge is -2.37. The van der Waals surface area contributed by atoms with Gasteiger partial charge in [0.15, 0.2) is 0 Å². The summed E-state index contributed by atoms with van der Waals surface area (Å²) in [6.07, 6.45) is 6.70. The smallest absolute Gasteiger partial charge is 0.0898 e. The van der Waals surface area contributed by atoms with Crippen LogP contribution >= 0.6 is 0 Å². The van der Waals surface area contributed by atoms with Crippen molar-refractivity contribution >= 4 is 10.9 Å². The topological polar surface area (TPSA) is 45.1 Å². The minimum Gasteiger partial charge on any atom is -0.385 e. The van der Waals surface area contributed by atoms with Gasteiger partial charge in [-0.1, -0.05) is 25.1 Å². The summed E-state index contributed by atoms with van der Waals surface area (Å²) in [6.45, 7) is 3.26. The summed E-state index contributed by atoms with van der Waals surface area (Å²) in [5.41, 5.74) is 1.30. The van der Waals surface area contributed by atoms with Crippen LogP contribution in [0.4, 0.5) is 0 Å². The molecule has 3 heteroatoms. The van der Waals surface area contributed by atoms with Gasteiger partial charge in [-0.3, -0.25) is 4.98 Å². The maximum Gasteiger partial charge on any atom is 0.0898 e. The molecule has 1 aliphatic rings. The van der Waals surface area contributed by atoms with Crippen LogP contribution in [0, 0.1) is 0 Å². The van der Waals surface area contributed by atoms with Crippen LogP contribution in [-0.2, 0) is 5.60 Å². The van der Waals surface area contributed by atoms with Crippen molar-refractivity contribution < 1.29 is 5.11 Å². The van der Waals surface area contributed by atoms with Gasteiger partial charge >= 0.3 is 0 Å². The molecular weight excluding hydrogens is 260 g/mol. The minimum absolute atomic E-state index is 0.559. The first-order valence-electron chi connectivity index (χ1n) is 8.02. The minimum atomic E-state index is -0.684. The van der Waals surface area contributed by atoms with Crippen LogP contribution in [0.25, 0.3) is 10.9 Å². The summed E-state index contributed by atoms with van der Waals surface area (Å²) in [7, 11) is 0. The van der Waals surface area contributed by atoms with Gasteiger partial charge in [0, 0.05) is 17.6 Å². The number of aliphatic hydroxyl groups is 1. The average molecular weight is 284 g/mol. The van der Waals surface area contributed by atoms with Crippen LogP contribution in [0.15, 0.2) is 36.5 Å². The Labute approximate surface area is 126 Å². The van der Waals surface area contributed by atoms with E-state index in [4.69, 9.17) is 0 Å². The van der Waals surface area contributed by atoms with E-state index in [-0.39, 0.29) is 0 Å². The molecule has 0 spiro atoms. The number of rotatable bonds is 4. The third-order valence-electron chi connectivity index (χ3n) is 4.64. The van der Waals surface area contributed by atoms with Crippen molar-refractivity contribution in [3.63, 3.8) is 0 Å². The lowest BCUT2D eigenvalue weighted by Crippen LogP contribution is -2.40. The van der Waals surface area contributed by atoms with Crippen LogP contribution in [0.3, 0.4) is 0 Å². The highest BCUT2D eigenvalue weighted by molar-refractivity contribution is 5.79. The summed E-state index contributed by atoms with van der Waals surface area (Å²) in [5.74, 6) is 0. The third kappa shape index (κ3) is 3.09. The Morgan fingerprint density at radius 3 is 2.86 bits per heavy atom. The predicted octanol–water partition coefficient (Wildman–Crippen LogP) is 3.36. The van der Waals surface area contributed by atoms with Gasteiger partial charge in [0.05, 0.1) is 11.1 Å². The number of hydrogen-bond acceptors (Lipinski definition) is 3. The maximum absolute atomic E-state index is 11.0. The Balaban J connectivity index is 1.75. The van der Waals surface area contributed by atoms with Crippen LogP contribution in [-0.4, -0.2) is 22.7 Å². The molecule has 21 heavy (non-hydrogen) atoms. The monoisotopic (exact) mass is 284 g/mol. The first-order chi connectivity index (χ1) is 10.2. The molecular formula is C18H24N2O. The molecule has 2 aromatic rings. The summed E-state index contributed by atoms with van der Waals surface area (Å²) in [6, 6.07) is 10.7.